The Balaban J connectivity index is 2.02. The van der Waals surface area contributed by atoms with Gasteiger partial charge in [0.2, 0.25) is 0 Å². The van der Waals surface area contributed by atoms with Gasteiger partial charge in [0.05, 0.1) is 6.54 Å². The van der Waals surface area contributed by atoms with Crippen molar-refractivity contribution in [1.29, 1.82) is 0 Å². The fraction of sp³-hybridized carbons (Fsp3) is 0.200. The van der Waals surface area contributed by atoms with E-state index in [4.69, 9.17) is 0 Å². The highest BCUT2D eigenvalue weighted by Gasteiger charge is 2.03. The maximum absolute atomic E-state index is 11.9. The van der Waals surface area contributed by atoms with E-state index in [1.54, 1.807) is 23.1 Å². The summed E-state index contributed by atoms with van der Waals surface area (Å²) in [5.41, 5.74) is 0.937. The monoisotopic (exact) mass is 225 g/mol. The van der Waals surface area contributed by atoms with Crippen LogP contribution in [0.5, 0.6) is 5.75 Å². The first-order valence-corrected chi connectivity index (χ1v) is 4.60. The van der Waals surface area contributed by atoms with Gasteiger partial charge in [-0.2, -0.15) is 13.9 Å². The Kier molecular flexibility index (Phi) is 3.09. The van der Waals surface area contributed by atoms with Crippen molar-refractivity contribution in [3.63, 3.8) is 0 Å². The van der Waals surface area contributed by atoms with Crippen LogP contribution in [-0.2, 0) is 6.54 Å². The van der Waals surface area contributed by atoms with Crippen molar-refractivity contribution in [2.24, 2.45) is 0 Å². The predicted octanol–water partition coefficient (Wildman–Crippen LogP) is 1.93. The number of hydrogen-bond donors (Lipinski definition) is 0. The van der Waals surface area contributed by atoms with Crippen LogP contribution in [0.25, 0.3) is 0 Å². The number of rotatable bonds is 4. The molecular weight excluding hydrogens is 216 g/mol. The van der Waals surface area contributed by atoms with Crippen molar-refractivity contribution in [2.75, 3.05) is 0 Å². The topological polar surface area (TPSA) is 39.9 Å². The Labute approximate surface area is 90.5 Å². The molecule has 1 aromatic carbocycles. The summed E-state index contributed by atoms with van der Waals surface area (Å²) in [7, 11) is 0. The zero-order valence-electron chi connectivity index (χ0n) is 8.25. The van der Waals surface area contributed by atoms with Crippen LogP contribution in [0.4, 0.5) is 8.78 Å². The van der Waals surface area contributed by atoms with E-state index in [1.807, 2.05) is 0 Å². The summed E-state index contributed by atoms with van der Waals surface area (Å²) in [5.74, 6) is 0.150. The van der Waals surface area contributed by atoms with Gasteiger partial charge in [-0.3, -0.25) is 0 Å². The average Bonchev–Trinajstić information content (AvgIpc) is 2.73. The minimum Gasteiger partial charge on any atom is -0.435 e. The molecule has 0 aliphatic carbocycles. The largest absolute Gasteiger partial charge is 0.435 e. The number of hydrogen-bond acceptors (Lipinski definition) is 3. The Morgan fingerprint density at radius 1 is 1.25 bits per heavy atom. The SMILES string of the molecule is FC(F)Oc1ccc(Cn2cncn2)cc1. The summed E-state index contributed by atoms with van der Waals surface area (Å²) in [6.07, 6.45) is 3.03. The summed E-state index contributed by atoms with van der Waals surface area (Å²) in [6, 6.07) is 6.41. The molecule has 2 aromatic rings. The highest BCUT2D eigenvalue weighted by molar-refractivity contribution is 5.27. The number of nitrogens with zero attached hydrogens (tertiary/aromatic N) is 3. The number of ether oxygens (including phenoxy) is 1. The standard InChI is InChI=1S/C10H9F2N3O/c11-10(12)16-9-3-1-8(2-4-9)5-15-7-13-6-14-15/h1-4,6-7,10H,5H2. The van der Waals surface area contributed by atoms with Gasteiger partial charge in [-0.15, -0.1) is 0 Å². The average molecular weight is 225 g/mol. The summed E-state index contributed by atoms with van der Waals surface area (Å²) >= 11 is 0. The van der Waals surface area contributed by atoms with Crippen LogP contribution in [0.2, 0.25) is 0 Å². The van der Waals surface area contributed by atoms with Crippen LogP contribution in [-0.4, -0.2) is 21.4 Å². The number of alkyl halides is 2. The predicted molar refractivity (Wildman–Crippen MR) is 52.2 cm³/mol. The molecule has 4 nitrogen and oxygen atoms in total. The summed E-state index contributed by atoms with van der Waals surface area (Å²) in [5, 5.41) is 3.94. The Morgan fingerprint density at radius 3 is 2.56 bits per heavy atom. The summed E-state index contributed by atoms with van der Waals surface area (Å²) in [6.45, 7) is -2.24. The quantitative estimate of drug-likeness (QED) is 0.798. The molecule has 0 bridgehead atoms. The van der Waals surface area contributed by atoms with Crippen molar-refractivity contribution in [1.82, 2.24) is 14.8 Å². The molecular formula is C10H9F2N3O. The van der Waals surface area contributed by atoms with Crippen molar-refractivity contribution in [3.05, 3.63) is 42.5 Å². The first-order chi connectivity index (χ1) is 7.74. The minimum absolute atomic E-state index is 0.150. The number of aromatic nitrogens is 3. The van der Waals surface area contributed by atoms with Gasteiger partial charge in [0.15, 0.2) is 0 Å². The molecule has 1 aromatic heterocycles. The minimum atomic E-state index is -2.79. The molecule has 0 unspecified atom stereocenters. The van der Waals surface area contributed by atoms with Crippen LogP contribution in [0.1, 0.15) is 5.56 Å². The van der Waals surface area contributed by atoms with E-state index < -0.39 is 6.61 Å². The van der Waals surface area contributed by atoms with Crippen molar-refractivity contribution in [2.45, 2.75) is 13.2 Å². The van der Waals surface area contributed by atoms with E-state index in [0.717, 1.165) is 5.56 Å². The maximum atomic E-state index is 11.9. The Hall–Kier alpha value is -1.98. The summed E-state index contributed by atoms with van der Waals surface area (Å²) < 4.78 is 29.6. The molecule has 0 aliphatic rings. The molecule has 0 amide bonds. The van der Waals surface area contributed by atoms with E-state index in [2.05, 4.69) is 14.8 Å². The van der Waals surface area contributed by atoms with E-state index in [0.29, 0.717) is 6.54 Å². The van der Waals surface area contributed by atoms with Crippen molar-refractivity contribution in [3.8, 4) is 5.75 Å². The lowest BCUT2D eigenvalue weighted by molar-refractivity contribution is -0.0498. The Bertz CT molecular complexity index is 428. The van der Waals surface area contributed by atoms with E-state index >= 15 is 0 Å². The van der Waals surface area contributed by atoms with Crippen LogP contribution in [0.3, 0.4) is 0 Å². The first-order valence-electron chi connectivity index (χ1n) is 4.60. The molecule has 0 spiro atoms. The van der Waals surface area contributed by atoms with Gasteiger partial charge in [-0.1, -0.05) is 12.1 Å². The van der Waals surface area contributed by atoms with Crippen LogP contribution in [0.15, 0.2) is 36.9 Å². The lowest BCUT2D eigenvalue weighted by Crippen LogP contribution is -2.03. The fourth-order valence-corrected chi connectivity index (χ4v) is 1.28. The zero-order chi connectivity index (χ0) is 11.4. The molecule has 2 rings (SSSR count). The third-order valence-electron chi connectivity index (χ3n) is 1.96. The van der Waals surface area contributed by atoms with E-state index in [-0.39, 0.29) is 5.75 Å². The third kappa shape index (κ3) is 2.75. The van der Waals surface area contributed by atoms with Gasteiger partial charge < -0.3 is 4.74 Å². The van der Waals surface area contributed by atoms with Gasteiger partial charge >= 0.3 is 6.61 Å². The highest BCUT2D eigenvalue weighted by Crippen LogP contribution is 2.15. The van der Waals surface area contributed by atoms with Gasteiger partial charge in [-0.05, 0) is 17.7 Å². The molecule has 16 heavy (non-hydrogen) atoms. The maximum Gasteiger partial charge on any atom is 0.387 e. The first kappa shape index (κ1) is 10.5. The second-order valence-corrected chi connectivity index (χ2v) is 3.12. The Morgan fingerprint density at radius 2 is 2.00 bits per heavy atom. The van der Waals surface area contributed by atoms with Crippen molar-refractivity contribution < 1.29 is 13.5 Å². The molecule has 6 heteroatoms. The normalized spacial score (nSPS) is 10.7. The number of halogens is 2. The molecule has 0 aliphatic heterocycles. The zero-order valence-corrected chi connectivity index (χ0v) is 8.25. The third-order valence-corrected chi connectivity index (χ3v) is 1.96. The van der Waals surface area contributed by atoms with Gasteiger partial charge in [-0.25, -0.2) is 9.67 Å². The molecule has 0 fully saturated rings. The van der Waals surface area contributed by atoms with Gasteiger partial charge in [0.25, 0.3) is 0 Å². The summed E-state index contributed by atoms with van der Waals surface area (Å²) in [4.78, 5) is 3.80. The second kappa shape index (κ2) is 4.69. The van der Waals surface area contributed by atoms with E-state index in [1.165, 1.54) is 18.5 Å². The molecule has 0 atom stereocenters. The lowest BCUT2D eigenvalue weighted by atomic mass is 10.2. The van der Waals surface area contributed by atoms with Crippen molar-refractivity contribution >= 4 is 0 Å². The number of benzene rings is 1. The lowest BCUT2D eigenvalue weighted by Gasteiger charge is -2.05. The van der Waals surface area contributed by atoms with E-state index in [9.17, 15) is 8.78 Å². The van der Waals surface area contributed by atoms with Gasteiger partial charge in [0.1, 0.15) is 18.4 Å². The molecule has 0 radical (unpaired) electrons. The molecule has 84 valence electrons. The highest BCUT2D eigenvalue weighted by atomic mass is 19.3. The van der Waals surface area contributed by atoms with Crippen LogP contribution < -0.4 is 4.74 Å². The van der Waals surface area contributed by atoms with Crippen LogP contribution in [0, 0.1) is 0 Å². The molecule has 0 saturated carbocycles. The molecule has 1 heterocycles. The van der Waals surface area contributed by atoms with Crippen LogP contribution >= 0.6 is 0 Å². The van der Waals surface area contributed by atoms with Gasteiger partial charge in [0, 0.05) is 0 Å². The molecule has 0 N–H and O–H groups in total. The molecule has 0 saturated heterocycles. The second-order valence-electron chi connectivity index (χ2n) is 3.12. The smallest absolute Gasteiger partial charge is 0.387 e. The fourth-order valence-electron chi connectivity index (χ4n) is 1.28.